The van der Waals surface area contributed by atoms with Crippen LogP contribution in [0.4, 0.5) is 5.69 Å². The molecule has 0 aromatic heterocycles. The van der Waals surface area contributed by atoms with Gasteiger partial charge in [0, 0.05) is 18.2 Å². The number of rotatable bonds is 4. The van der Waals surface area contributed by atoms with Gasteiger partial charge in [-0.3, -0.25) is 0 Å². The Morgan fingerprint density at radius 2 is 2.05 bits per heavy atom. The van der Waals surface area contributed by atoms with Crippen molar-refractivity contribution in [1.29, 1.82) is 0 Å². The number of nitrogens with one attached hydrogen (secondary N) is 1. The fraction of sp³-hybridized carbons (Fsp3) is 0.571. The van der Waals surface area contributed by atoms with Crippen LogP contribution in [-0.4, -0.2) is 26.6 Å². The highest BCUT2D eigenvalue weighted by molar-refractivity contribution is 7.90. The van der Waals surface area contributed by atoms with E-state index >= 15 is 0 Å². The van der Waals surface area contributed by atoms with Crippen molar-refractivity contribution in [2.24, 2.45) is 5.92 Å². The zero-order chi connectivity index (χ0) is 13.9. The van der Waals surface area contributed by atoms with E-state index in [0.29, 0.717) is 16.5 Å². The average molecular weight is 302 g/mol. The second-order valence-corrected chi connectivity index (χ2v) is 7.88. The number of hydrogen-bond acceptors (Lipinski definition) is 3. The Morgan fingerprint density at radius 1 is 1.32 bits per heavy atom. The van der Waals surface area contributed by atoms with Gasteiger partial charge in [0.05, 0.1) is 10.6 Å². The van der Waals surface area contributed by atoms with Crippen molar-refractivity contribution in [3.8, 4) is 0 Å². The molecule has 2 rings (SSSR count). The van der Waals surface area contributed by atoms with Crippen LogP contribution in [0.2, 0.25) is 0 Å². The molecule has 0 radical (unpaired) electrons. The summed E-state index contributed by atoms with van der Waals surface area (Å²) in [6.45, 7) is 0.787. The second-order valence-electron chi connectivity index (χ2n) is 5.28. The number of halogens is 1. The molecule has 0 heterocycles. The van der Waals surface area contributed by atoms with Crippen LogP contribution in [0.5, 0.6) is 0 Å². The molecule has 0 saturated heterocycles. The van der Waals surface area contributed by atoms with Crippen molar-refractivity contribution in [3.05, 3.63) is 24.3 Å². The first-order chi connectivity index (χ1) is 8.97. The third-order valence-corrected chi connectivity index (χ3v) is 5.14. The molecule has 106 valence electrons. The maximum Gasteiger partial charge on any atom is 0.177 e. The molecular weight excluding hydrogens is 282 g/mol. The SMILES string of the molecule is CS(=O)(=O)c1ccccc1NCC1CCCC(Cl)C1. The topological polar surface area (TPSA) is 46.2 Å². The van der Waals surface area contributed by atoms with E-state index in [0.717, 1.165) is 32.2 Å². The second kappa shape index (κ2) is 6.14. The maximum absolute atomic E-state index is 11.7. The molecule has 1 aromatic rings. The summed E-state index contributed by atoms with van der Waals surface area (Å²) in [7, 11) is -3.19. The van der Waals surface area contributed by atoms with Gasteiger partial charge in [-0.25, -0.2) is 8.42 Å². The van der Waals surface area contributed by atoms with Crippen molar-refractivity contribution in [3.63, 3.8) is 0 Å². The Morgan fingerprint density at radius 3 is 2.74 bits per heavy atom. The largest absolute Gasteiger partial charge is 0.384 e. The first kappa shape index (κ1) is 14.7. The first-order valence-electron chi connectivity index (χ1n) is 6.64. The zero-order valence-electron chi connectivity index (χ0n) is 11.1. The maximum atomic E-state index is 11.7. The monoisotopic (exact) mass is 301 g/mol. The molecule has 1 aromatic carbocycles. The van der Waals surface area contributed by atoms with Crippen LogP contribution >= 0.6 is 11.6 Å². The highest BCUT2D eigenvalue weighted by Gasteiger charge is 2.20. The molecule has 2 atom stereocenters. The fourth-order valence-corrected chi connectivity index (χ4v) is 3.87. The summed E-state index contributed by atoms with van der Waals surface area (Å²) < 4.78 is 23.4. The number of anilines is 1. The summed E-state index contributed by atoms with van der Waals surface area (Å²) in [5.74, 6) is 0.531. The van der Waals surface area contributed by atoms with E-state index in [-0.39, 0.29) is 5.38 Å². The summed E-state index contributed by atoms with van der Waals surface area (Å²) >= 11 is 6.17. The molecule has 2 unspecified atom stereocenters. The molecule has 3 nitrogen and oxygen atoms in total. The van der Waals surface area contributed by atoms with Gasteiger partial charge in [0.2, 0.25) is 0 Å². The lowest BCUT2D eigenvalue weighted by atomic mass is 9.89. The van der Waals surface area contributed by atoms with E-state index in [9.17, 15) is 8.42 Å². The van der Waals surface area contributed by atoms with E-state index in [4.69, 9.17) is 11.6 Å². The molecule has 0 amide bonds. The predicted molar refractivity (Wildman–Crippen MR) is 79.6 cm³/mol. The Bertz CT molecular complexity index is 530. The van der Waals surface area contributed by atoms with Crippen LogP contribution in [0.3, 0.4) is 0 Å². The minimum absolute atomic E-state index is 0.269. The molecule has 0 bridgehead atoms. The number of para-hydroxylation sites is 1. The Balaban J connectivity index is 2.04. The number of benzene rings is 1. The van der Waals surface area contributed by atoms with Crippen molar-refractivity contribution in [1.82, 2.24) is 0 Å². The van der Waals surface area contributed by atoms with Gasteiger partial charge in [-0.1, -0.05) is 18.6 Å². The molecule has 0 spiro atoms. The first-order valence-corrected chi connectivity index (χ1v) is 8.96. The zero-order valence-corrected chi connectivity index (χ0v) is 12.7. The van der Waals surface area contributed by atoms with Gasteiger partial charge in [0.1, 0.15) is 0 Å². The molecule has 1 aliphatic rings. The van der Waals surface area contributed by atoms with Crippen LogP contribution in [0.25, 0.3) is 0 Å². The minimum Gasteiger partial charge on any atom is -0.384 e. The number of alkyl halides is 1. The summed E-state index contributed by atoms with van der Waals surface area (Å²) in [4.78, 5) is 0.369. The van der Waals surface area contributed by atoms with Gasteiger partial charge in [-0.05, 0) is 37.3 Å². The van der Waals surface area contributed by atoms with Crippen molar-refractivity contribution in [2.75, 3.05) is 18.1 Å². The minimum atomic E-state index is -3.19. The predicted octanol–water partition coefficient (Wildman–Crippen LogP) is 3.30. The third-order valence-electron chi connectivity index (χ3n) is 3.59. The van der Waals surface area contributed by atoms with Crippen molar-refractivity contribution in [2.45, 2.75) is 36.0 Å². The van der Waals surface area contributed by atoms with Gasteiger partial charge in [-0.15, -0.1) is 11.6 Å². The van der Waals surface area contributed by atoms with E-state index < -0.39 is 9.84 Å². The van der Waals surface area contributed by atoms with Gasteiger partial charge < -0.3 is 5.32 Å². The van der Waals surface area contributed by atoms with Gasteiger partial charge in [0.25, 0.3) is 0 Å². The fourth-order valence-electron chi connectivity index (χ4n) is 2.60. The number of sulfone groups is 1. The highest BCUT2D eigenvalue weighted by Crippen LogP contribution is 2.29. The Labute approximate surface area is 120 Å². The lowest BCUT2D eigenvalue weighted by molar-refractivity contribution is 0.378. The average Bonchev–Trinajstić information content (AvgIpc) is 2.36. The number of hydrogen-bond donors (Lipinski definition) is 1. The van der Waals surface area contributed by atoms with Gasteiger partial charge in [-0.2, -0.15) is 0 Å². The normalized spacial score (nSPS) is 24.1. The summed E-state index contributed by atoms with van der Waals surface area (Å²) in [6.07, 6.45) is 5.67. The molecule has 19 heavy (non-hydrogen) atoms. The molecule has 1 saturated carbocycles. The molecular formula is C14H20ClNO2S. The van der Waals surface area contributed by atoms with Crippen LogP contribution in [-0.2, 0) is 9.84 Å². The Kier molecular flexibility index (Phi) is 4.74. The van der Waals surface area contributed by atoms with Gasteiger partial charge in [0.15, 0.2) is 9.84 Å². The van der Waals surface area contributed by atoms with Crippen LogP contribution in [0.1, 0.15) is 25.7 Å². The highest BCUT2D eigenvalue weighted by atomic mass is 35.5. The van der Waals surface area contributed by atoms with Gasteiger partial charge >= 0.3 is 0 Å². The summed E-state index contributed by atoms with van der Waals surface area (Å²) in [5, 5.41) is 3.54. The van der Waals surface area contributed by atoms with E-state index in [1.165, 1.54) is 6.26 Å². The molecule has 1 N–H and O–H groups in total. The molecule has 5 heteroatoms. The van der Waals surface area contributed by atoms with Crippen LogP contribution in [0.15, 0.2) is 29.2 Å². The van der Waals surface area contributed by atoms with Crippen molar-refractivity contribution < 1.29 is 8.42 Å². The summed E-state index contributed by atoms with van der Waals surface area (Å²) in [5.41, 5.74) is 0.696. The van der Waals surface area contributed by atoms with Crippen LogP contribution < -0.4 is 5.32 Å². The van der Waals surface area contributed by atoms with E-state index in [1.807, 2.05) is 12.1 Å². The van der Waals surface area contributed by atoms with Crippen LogP contribution in [0, 0.1) is 5.92 Å². The summed E-state index contributed by atoms with van der Waals surface area (Å²) in [6, 6.07) is 7.06. The quantitative estimate of drug-likeness (QED) is 0.868. The Hall–Kier alpha value is -0.740. The standard InChI is InChI=1S/C14H20ClNO2S/c1-19(17,18)14-8-3-2-7-13(14)16-10-11-5-4-6-12(15)9-11/h2-3,7-8,11-12,16H,4-6,9-10H2,1H3. The van der Waals surface area contributed by atoms with Crippen molar-refractivity contribution >= 4 is 27.1 Å². The van der Waals surface area contributed by atoms with E-state index in [1.54, 1.807) is 12.1 Å². The molecule has 0 aliphatic heterocycles. The third kappa shape index (κ3) is 4.11. The smallest absolute Gasteiger partial charge is 0.177 e. The lowest BCUT2D eigenvalue weighted by Crippen LogP contribution is -2.23. The molecule has 1 fully saturated rings. The van der Waals surface area contributed by atoms with E-state index in [2.05, 4.69) is 5.32 Å². The molecule has 1 aliphatic carbocycles. The lowest BCUT2D eigenvalue weighted by Gasteiger charge is -2.26.